The summed E-state index contributed by atoms with van der Waals surface area (Å²) in [5.41, 5.74) is 1.91. The van der Waals surface area contributed by atoms with Crippen molar-refractivity contribution in [2.75, 3.05) is 11.4 Å². The van der Waals surface area contributed by atoms with E-state index < -0.39 is 10.0 Å². The van der Waals surface area contributed by atoms with E-state index in [1.807, 2.05) is 0 Å². The van der Waals surface area contributed by atoms with Crippen LogP contribution in [0.3, 0.4) is 0 Å². The minimum atomic E-state index is -3.74. The molecule has 1 amide bonds. The molecule has 1 aliphatic heterocycles. The molecule has 8 heteroatoms. The van der Waals surface area contributed by atoms with Crippen molar-refractivity contribution < 1.29 is 17.6 Å². The number of nitrogens with zero attached hydrogens (tertiary/aromatic N) is 1. The Hall–Kier alpha value is -1.64. The summed E-state index contributed by atoms with van der Waals surface area (Å²) in [6, 6.07) is 6.11. The second-order valence-electron chi connectivity index (χ2n) is 4.65. The normalized spacial score (nSPS) is 14.3. The summed E-state index contributed by atoms with van der Waals surface area (Å²) in [6.07, 6.45) is 2.01. The smallest absolute Gasteiger partial charge is 0.262 e. The number of carbonyl (C=O) groups is 1. The van der Waals surface area contributed by atoms with Crippen molar-refractivity contribution in [1.29, 1.82) is 0 Å². The Labute approximate surface area is 129 Å². The summed E-state index contributed by atoms with van der Waals surface area (Å²) in [5.74, 6) is -0.197. The summed E-state index contributed by atoms with van der Waals surface area (Å²) in [6.45, 7) is 0.486. The van der Waals surface area contributed by atoms with Crippen molar-refractivity contribution in [3.8, 4) is 0 Å². The third-order valence-corrected chi connectivity index (χ3v) is 4.89. The third kappa shape index (κ3) is 2.50. The Bertz CT molecular complexity index is 828. The Morgan fingerprint density at radius 2 is 2.10 bits per heavy atom. The van der Waals surface area contributed by atoms with Crippen LogP contribution in [-0.4, -0.2) is 20.9 Å². The number of carbonyl (C=O) groups excluding carboxylic acids is 1. The topological polar surface area (TPSA) is 93.6 Å². The Morgan fingerprint density at radius 1 is 1.33 bits per heavy atom. The zero-order valence-electron chi connectivity index (χ0n) is 10.7. The van der Waals surface area contributed by atoms with E-state index >= 15 is 0 Å². The van der Waals surface area contributed by atoms with Crippen molar-refractivity contribution in [2.24, 2.45) is 5.14 Å². The third-order valence-electron chi connectivity index (χ3n) is 3.37. The first kappa shape index (κ1) is 14.3. The molecule has 110 valence electrons. The SMILES string of the molecule is NS(=O)(=O)c1ccc2c(c1)CCN2C(=O)c1ccoc1Br. The van der Waals surface area contributed by atoms with Gasteiger partial charge in [-0.25, -0.2) is 13.6 Å². The maximum Gasteiger partial charge on any atom is 0.262 e. The Morgan fingerprint density at radius 3 is 2.71 bits per heavy atom. The molecule has 0 fully saturated rings. The van der Waals surface area contributed by atoms with Crippen molar-refractivity contribution in [3.05, 3.63) is 46.3 Å². The van der Waals surface area contributed by atoms with Gasteiger partial charge in [-0.1, -0.05) is 0 Å². The molecule has 6 nitrogen and oxygen atoms in total. The fourth-order valence-electron chi connectivity index (χ4n) is 2.36. The molecule has 21 heavy (non-hydrogen) atoms. The van der Waals surface area contributed by atoms with Gasteiger partial charge in [0, 0.05) is 12.2 Å². The minimum absolute atomic E-state index is 0.0556. The van der Waals surface area contributed by atoms with Crippen LogP contribution in [0.1, 0.15) is 15.9 Å². The first-order valence-electron chi connectivity index (χ1n) is 6.08. The van der Waals surface area contributed by atoms with E-state index in [4.69, 9.17) is 9.56 Å². The number of furan rings is 1. The molecular formula is C13H11BrN2O4S. The summed E-state index contributed by atoms with van der Waals surface area (Å²) >= 11 is 3.18. The van der Waals surface area contributed by atoms with E-state index in [1.165, 1.54) is 18.4 Å². The van der Waals surface area contributed by atoms with Crippen molar-refractivity contribution in [2.45, 2.75) is 11.3 Å². The number of anilines is 1. The molecule has 0 saturated heterocycles. The van der Waals surface area contributed by atoms with Gasteiger partial charge < -0.3 is 9.32 Å². The number of amides is 1. The maximum atomic E-state index is 12.5. The fourth-order valence-corrected chi connectivity index (χ4v) is 3.33. The van der Waals surface area contributed by atoms with Gasteiger partial charge in [-0.15, -0.1) is 0 Å². The number of nitrogens with two attached hydrogens (primary N) is 1. The van der Waals surface area contributed by atoms with Gasteiger partial charge >= 0.3 is 0 Å². The molecule has 3 rings (SSSR count). The average Bonchev–Trinajstić information content (AvgIpc) is 3.02. The molecule has 0 spiro atoms. The number of benzene rings is 1. The van der Waals surface area contributed by atoms with Gasteiger partial charge in [0.2, 0.25) is 10.0 Å². The number of hydrogen-bond acceptors (Lipinski definition) is 4. The number of primary sulfonamides is 1. The van der Waals surface area contributed by atoms with Crippen molar-refractivity contribution in [3.63, 3.8) is 0 Å². The molecule has 0 saturated carbocycles. The quantitative estimate of drug-likeness (QED) is 0.873. The predicted octanol–water partition coefficient (Wildman–Crippen LogP) is 1.89. The van der Waals surface area contributed by atoms with E-state index in [2.05, 4.69) is 15.9 Å². The van der Waals surface area contributed by atoms with Crippen LogP contribution in [0.2, 0.25) is 0 Å². The molecule has 0 atom stereocenters. The highest BCUT2D eigenvalue weighted by Gasteiger charge is 2.28. The molecule has 1 aromatic carbocycles. The van der Waals surface area contributed by atoms with Gasteiger partial charge in [0.05, 0.1) is 16.7 Å². The molecule has 1 aromatic heterocycles. The predicted molar refractivity (Wildman–Crippen MR) is 79.6 cm³/mol. The molecule has 0 radical (unpaired) electrons. The first-order valence-corrected chi connectivity index (χ1v) is 8.42. The van der Waals surface area contributed by atoms with Crippen LogP contribution >= 0.6 is 15.9 Å². The summed E-state index contributed by atoms with van der Waals surface area (Å²) in [4.78, 5) is 14.1. The van der Waals surface area contributed by atoms with Crippen LogP contribution in [0, 0.1) is 0 Å². The summed E-state index contributed by atoms with van der Waals surface area (Å²) < 4.78 is 28.2. The fraction of sp³-hybridized carbons (Fsp3) is 0.154. The number of fused-ring (bicyclic) bond motifs is 1. The van der Waals surface area contributed by atoms with E-state index in [1.54, 1.807) is 17.0 Å². The first-order chi connectivity index (χ1) is 9.88. The molecule has 0 aliphatic carbocycles. The van der Waals surface area contributed by atoms with Crippen molar-refractivity contribution in [1.82, 2.24) is 0 Å². The molecule has 2 heterocycles. The van der Waals surface area contributed by atoms with E-state index in [0.29, 0.717) is 28.9 Å². The lowest BCUT2D eigenvalue weighted by Crippen LogP contribution is -2.28. The highest BCUT2D eigenvalue weighted by Crippen LogP contribution is 2.32. The van der Waals surface area contributed by atoms with Crippen molar-refractivity contribution >= 4 is 37.5 Å². The lowest BCUT2D eigenvalue weighted by Gasteiger charge is -2.16. The summed E-state index contributed by atoms with van der Waals surface area (Å²) in [7, 11) is -3.74. The standard InChI is InChI=1S/C13H11BrN2O4S/c14-12-10(4-6-20-12)13(17)16-5-3-8-7-9(21(15,18)19)1-2-11(8)16/h1-2,4,6-7H,3,5H2,(H2,15,18,19). The monoisotopic (exact) mass is 370 g/mol. The number of halogens is 1. The molecule has 0 bridgehead atoms. The largest absolute Gasteiger partial charge is 0.457 e. The van der Waals surface area contributed by atoms with Crippen LogP contribution < -0.4 is 10.0 Å². The second-order valence-corrected chi connectivity index (χ2v) is 6.93. The molecule has 2 aromatic rings. The number of hydrogen-bond donors (Lipinski definition) is 1. The zero-order chi connectivity index (χ0) is 15.2. The highest BCUT2D eigenvalue weighted by molar-refractivity contribution is 9.10. The van der Waals surface area contributed by atoms with Crippen LogP contribution in [0.25, 0.3) is 0 Å². The van der Waals surface area contributed by atoms with Crippen LogP contribution in [-0.2, 0) is 16.4 Å². The lowest BCUT2D eigenvalue weighted by molar-refractivity contribution is 0.0987. The molecule has 2 N–H and O–H groups in total. The van der Waals surface area contributed by atoms with Crippen LogP contribution in [0.4, 0.5) is 5.69 Å². The summed E-state index contributed by atoms with van der Waals surface area (Å²) in [5, 5.41) is 5.12. The van der Waals surface area contributed by atoms with E-state index in [9.17, 15) is 13.2 Å². The maximum absolute atomic E-state index is 12.5. The molecular weight excluding hydrogens is 360 g/mol. The number of sulfonamides is 1. The Balaban J connectivity index is 1.98. The van der Waals surface area contributed by atoms with Gasteiger partial charge in [0.15, 0.2) is 4.67 Å². The second kappa shape index (κ2) is 4.97. The molecule has 1 aliphatic rings. The van der Waals surface area contributed by atoms with E-state index in [-0.39, 0.29) is 10.8 Å². The van der Waals surface area contributed by atoms with Gasteiger partial charge in [0.25, 0.3) is 5.91 Å². The lowest BCUT2D eigenvalue weighted by atomic mass is 10.2. The highest BCUT2D eigenvalue weighted by atomic mass is 79.9. The minimum Gasteiger partial charge on any atom is -0.457 e. The Kier molecular flexibility index (Phi) is 3.39. The van der Waals surface area contributed by atoms with Gasteiger partial charge in [-0.2, -0.15) is 0 Å². The zero-order valence-corrected chi connectivity index (χ0v) is 13.1. The van der Waals surface area contributed by atoms with Crippen LogP contribution in [0.5, 0.6) is 0 Å². The van der Waals surface area contributed by atoms with Gasteiger partial charge in [-0.3, -0.25) is 4.79 Å². The number of rotatable bonds is 2. The molecule has 0 unspecified atom stereocenters. The van der Waals surface area contributed by atoms with Gasteiger partial charge in [0.1, 0.15) is 0 Å². The van der Waals surface area contributed by atoms with Crippen LogP contribution in [0.15, 0.2) is 44.5 Å². The van der Waals surface area contributed by atoms with E-state index in [0.717, 1.165) is 5.56 Å². The van der Waals surface area contributed by atoms with Gasteiger partial charge in [-0.05, 0) is 52.2 Å². The average molecular weight is 371 g/mol.